The fraction of sp³-hybridized carbons (Fsp3) is 0.733. The second-order valence-electron chi connectivity index (χ2n) is 7.66. The molecule has 0 aromatic heterocycles. The topological polar surface area (TPSA) is 141 Å². The molecule has 3 fully saturated rings. The van der Waals surface area contributed by atoms with Gasteiger partial charge in [-0.15, -0.1) is 0 Å². The van der Waals surface area contributed by atoms with Crippen molar-refractivity contribution < 1.29 is 45.9 Å². The van der Waals surface area contributed by atoms with E-state index in [1.807, 2.05) is 0 Å². The van der Waals surface area contributed by atoms with Crippen molar-refractivity contribution >= 4 is 33.5 Å². The summed E-state index contributed by atoms with van der Waals surface area (Å²) in [5.41, 5.74) is 0. The van der Waals surface area contributed by atoms with E-state index in [-0.39, 0.29) is 13.0 Å². The third kappa shape index (κ3) is 2.87. The van der Waals surface area contributed by atoms with Gasteiger partial charge in [0.1, 0.15) is 18.1 Å². The highest BCUT2D eigenvalue weighted by atomic mass is 32.2. The van der Waals surface area contributed by atoms with Crippen LogP contribution in [0.2, 0.25) is 0 Å². The Bertz CT molecular complexity index is 901. The van der Waals surface area contributed by atoms with Gasteiger partial charge in [-0.3, -0.25) is 14.4 Å². The Labute approximate surface area is 162 Å². The van der Waals surface area contributed by atoms with E-state index in [1.165, 1.54) is 5.32 Å². The Hall–Kier alpha value is -2.38. The van der Waals surface area contributed by atoms with Crippen LogP contribution in [0.5, 0.6) is 0 Å². The Morgan fingerprint density at radius 3 is 2.34 bits per heavy atom. The van der Waals surface area contributed by atoms with Crippen molar-refractivity contribution in [3.63, 3.8) is 0 Å². The van der Waals surface area contributed by atoms with Crippen molar-refractivity contribution in [1.29, 1.82) is 0 Å². The average Bonchev–Trinajstić information content (AvgIpc) is 3.12. The predicted molar refractivity (Wildman–Crippen MR) is 87.8 cm³/mol. The predicted octanol–water partition coefficient (Wildman–Crippen LogP) is -1.15. The second kappa shape index (κ2) is 6.31. The third-order valence-electron chi connectivity index (χ3n) is 5.67. The number of aliphatic carboxylic acids is 1. The molecular weight excluding hydrogens is 423 g/mol. The summed E-state index contributed by atoms with van der Waals surface area (Å²) in [4.78, 5) is 49.6. The number of carbonyl (C=O) groups excluding carboxylic acids is 3. The van der Waals surface area contributed by atoms with Gasteiger partial charge in [-0.2, -0.15) is 13.2 Å². The highest BCUT2D eigenvalue weighted by Gasteiger charge is 2.73. The molecule has 29 heavy (non-hydrogen) atoms. The number of β-lactam (4-membered cyclic amide) rings is 1. The lowest BCUT2D eigenvalue weighted by atomic mass is 9.94. The summed E-state index contributed by atoms with van der Waals surface area (Å²) in [7, 11) is -4.37. The van der Waals surface area contributed by atoms with E-state index < -0.39 is 68.0 Å². The van der Waals surface area contributed by atoms with Gasteiger partial charge >= 0.3 is 18.1 Å². The zero-order valence-corrected chi connectivity index (χ0v) is 16.1. The van der Waals surface area contributed by atoms with Crippen LogP contribution in [-0.4, -0.2) is 88.0 Å². The van der Waals surface area contributed by atoms with Gasteiger partial charge in [0.2, 0.25) is 11.8 Å². The van der Waals surface area contributed by atoms with E-state index in [0.29, 0.717) is 11.3 Å². The quantitative estimate of drug-likeness (QED) is 0.527. The molecule has 0 spiro atoms. The van der Waals surface area contributed by atoms with Crippen molar-refractivity contribution in [2.45, 2.75) is 61.1 Å². The van der Waals surface area contributed by atoms with Crippen LogP contribution in [0, 0.1) is 0 Å². The first kappa shape index (κ1) is 21.3. The molecule has 4 atom stereocenters. The number of halogens is 3. The summed E-state index contributed by atoms with van der Waals surface area (Å²) in [5, 5.41) is 8.80. The molecule has 0 aliphatic carbocycles. The van der Waals surface area contributed by atoms with Crippen LogP contribution < -0.4 is 5.32 Å². The van der Waals surface area contributed by atoms with Crippen LogP contribution in [0.1, 0.15) is 26.7 Å². The summed E-state index contributed by atoms with van der Waals surface area (Å²) < 4.78 is 61.4. The van der Waals surface area contributed by atoms with Gasteiger partial charge < -0.3 is 20.2 Å². The minimum atomic E-state index is -5.32. The molecule has 0 unspecified atom stereocenters. The summed E-state index contributed by atoms with van der Waals surface area (Å²) in [5.74, 6) is -5.80. The monoisotopic (exact) mass is 441 g/mol. The number of nitrogens with one attached hydrogen (secondary N) is 1. The number of fused-ring (bicyclic) bond motifs is 1. The largest absolute Gasteiger partial charge is 0.480 e. The van der Waals surface area contributed by atoms with Crippen molar-refractivity contribution in [2.24, 2.45) is 0 Å². The maximum absolute atomic E-state index is 13.0. The zero-order chi connectivity index (χ0) is 22.1. The Balaban J connectivity index is 1.94. The number of rotatable bonds is 3. The molecule has 10 nitrogen and oxygen atoms in total. The van der Waals surface area contributed by atoms with Gasteiger partial charge in [0.05, 0.1) is 4.75 Å². The minimum absolute atomic E-state index is 0.0450. The molecule has 3 saturated heterocycles. The first-order valence-electron chi connectivity index (χ1n) is 8.60. The molecule has 3 aliphatic rings. The smallest absolute Gasteiger partial charge is 0.471 e. The van der Waals surface area contributed by atoms with Gasteiger partial charge in [-0.1, -0.05) is 0 Å². The van der Waals surface area contributed by atoms with Crippen molar-refractivity contribution in [1.82, 2.24) is 15.1 Å². The molecule has 0 aromatic rings. The van der Waals surface area contributed by atoms with Gasteiger partial charge in [-0.05, 0) is 26.7 Å². The summed E-state index contributed by atoms with van der Waals surface area (Å²) >= 11 is 0. The van der Waals surface area contributed by atoms with Crippen LogP contribution >= 0.6 is 0 Å². The lowest BCUT2D eigenvalue weighted by molar-refractivity contribution is -0.178. The van der Waals surface area contributed by atoms with Crippen molar-refractivity contribution in [3.8, 4) is 0 Å². The van der Waals surface area contributed by atoms with Gasteiger partial charge in [0.15, 0.2) is 15.2 Å². The molecule has 14 heteroatoms. The van der Waals surface area contributed by atoms with Crippen LogP contribution in [0.4, 0.5) is 13.2 Å². The summed E-state index contributed by atoms with van der Waals surface area (Å²) in [6.45, 7) is 2.33. The van der Waals surface area contributed by atoms with Gasteiger partial charge in [0, 0.05) is 6.54 Å². The number of likely N-dealkylation sites (tertiary alicyclic amines) is 1. The first-order chi connectivity index (χ1) is 13.1. The van der Waals surface area contributed by atoms with Crippen LogP contribution in [0.15, 0.2) is 0 Å². The van der Waals surface area contributed by atoms with Gasteiger partial charge in [-0.25, -0.2) is 13.2 Å². The number of hydrogen-bond acceptors (Lipinski definition) is 6. The first-order valence-corrected chi connectivity index (χ1v) is 10.1. The van der Waals surface area contributed by atoms with E-state index in [4.69, 9.17) is 0 Å². The minimum Gasteiger partial charge on any atom is -0.480 e. The fourth-order valence-corrected chi connectivity index (χ4v) is 6.32. The standard InChI is InChI=1S/C15H18F3N3O7S/c1-14(2)8(10(23)20-5-3-4-6(20)12(24)25)21-9(22)7(11(21)29(14,27)28)19-13(26)15(16,17)18/h6-8,11H,3-5H2,1-2H3,(H,19,26)(H,24,25)/t6-,7+,8+,11-/m1/s1. The van der Waals surface area contributed by atoms with Crippen LogP contribution in [0.3, 0.4) is 0 Å². The molecule has 0 saturated carbocycles. The number of nitrogens with zero attached hydrogens (tertiary/aromatic N) is 2. The maximum Gasteiger partial charge on any atom is 0.471 e. The summed E-state index contributed by atoms with van der Waals surface area (Å²) in [6.07, 6.45) is -4.80. The Kier molecular flexibility index (Phi) is 4.64. The maximum atomic E-state index is 13.0. The molecule has 3 heterocycles. The Morgan fingerprint density at radius 2 is 1.83 bits per heavy atom. The molecule has 3 aliphatic heterocycles. The molecule has 0 aromatic carbocycles. The number of amides is 3. The number of alkyl halides is 3. The molecular formula is C15H18F3N3O7S. The SMILES string of the molecule is CC1(C)[C@H](C(=O)N2CCC[C@@H]2C(=O)O)N2C(=O)[C@H](NC(=O)C(F)(F)F)[C@H]2S1(=O)=O. The lowest BCUT2D eigenvalue weighted by Gasteiger charge is -2.44. The molecule has 0 radical (unpaired) electrons. The Morgan fingerprint density at radius 1 is 1.24 bits per heavy atom. The third-order valence-corrected chi connectivity index (χ3v) is 8.49. The molecule has 3 rings (SSSR count). The average molecular weight is 441 g/mol. The summed E-state index contributed by atoms with van der Waals surface area (Å²) in [6, 6.07) is -4.76. The zero-order valence-electron chi connectivity index (χ0n) is 15.3. The van der Waals surface area contributed by atoms with Crippen molar-refractivity contribution in [2.75, 3.05) is 6.54 Å². The molecule has 3 amide bonds. The van der Waals surface area contributed by atoms with Crippen molar-refractivity contribution in [3.05, 3.63) is 0 Å². The van der Waals surface area contributed by atoms with Gasteiger partial charge in [0.25, 0.3) is 0 Å². The number of hydrogen-bond donors (Lipinski definition) is 2. The molecule has 2 N–H and O–H groups in total. The number of carboxylic acids is 1. The van der Waals surface area contributed by atoms with E-state index in [1.54, 1.807) is 0 Å². The number of carboxylic acid groups (broad SMARTS) is 1. The van der Waals surface area contributed by atoms with E-state index in [2.05, 4.69) is 0 Å². The van der Waals surface area contributed by atoms with E-state index in [0.717, 1.165) is 18.7 Å². The number of carbonyl (C=O) groups is 4. The van der Waals surface area contributed by atoms with E-state index >= 15 is 0 Å². The van der Waals surface area contributed by atoms with Crippen LogP contribution in [-0.2, 0) is 29.0 Å². The highest BCUT2D eigenvalue weighted by molar-refractivity contribution is 7.94. The lowest BCUT2D eigenvalue weighted by Crippen LogP contribution is -2.73. The highest BCUT2D eigenvalue weighted by Crippen LogP contribution is 2.47. The molecule has 162 valence electrons. The second-order valence-corrected chi connectivity index (χ2v) is 10.3. The van der Waals surface area contributed by atoms with E-state index in [9.17, 15) is 45.9 Å². The normalized spacial score (nSPS) is 32.5. The molecule has 0 bridgehead atoms. The number of sulfone groups is 1. The van der Waals surface area contributed by atoms with Crippen LogP contribution in [0.25, 0.3) is 0 Å². The fourth-order valence-electron chi connectivity index (χ4n) is 4.11.